The van der Waals surface area contributed by atoms with Crippen molar-refractivity contribution in [2.75, 3.05) is 9.80 Å². The fraction of sp³-hybridized carbons (Fsp3) is 0.314. The fourth-order valence-electron chi connectivity index (χ4n) is 7.33. The first-order chi connectivity index (χ1) is 17.9. The molecule has 3 heterocycles. The number of nitrogens with zero attached hydrogens (tertiary/aromatic N) is 2. The summed E-state index contributed by atoms with van der Waals surface area (Å²) in [7, 11) is 0. The standard InChI is InChI=1S/C35H36N2/c1-34(2)22-20-27-29(24-14-8-5-9-15-24)30(25-16-10-6-11-17-25)28-21-23-35(3,4)37-32(28)31(27)36(34)33(37)26-18-12-7-13-19-26/h5-19,33H,20-23H2,1-4H3. The van der Waals surface area contributed by atoms with Crippen LogP contribution >= 0.6 is 0 Å². The van der Waals surface area contributed by atoms with E-state index in [2.05, 4.69) is 128 Å². The van der Waals surface area contributed by atoms with Crippen LogP contribution in [0.5, 0.6) is 0 Å². The number of benzene rings is 4. The molecule has 2 nitrogen and oxygen atoms in total. The lowest BCUT2D eigenvalue weighted by Gasteiger charge is -2.50. The summed E-state index contributed by atoms with van der Waals surface area (Å²) in [6.45, 7) is 9.82. The van der Waals surface area contributed by atoms with E-state index < -0.39 is 0 Å². The van der Waals surface area contributed by atoms with Crippen molar-refractivity contribution in [3.8, 4) is 22.3 Å². The molecule has 0 radical (unpaired) electrons. The van der Waals surface area contributed by atoms with E-state index in [0.717, 1.165) is 25.7 Å². The van der Waals surface area contributed by atoms with Gasteiger partial charge in [0, 0.05) is 11.1 Å². The number of hydrogen-bond acceptors (Lipinski definition) is 2. The van der Waals surface area contributed by atoms with E-state index in [1.807, 2.05) is 0 Å². The normalized spacial score (nSPS) is 19.1. The monoisotopic (exact) mass is 484 g/mol. The number of hydrogen-bond donors (Lipinski definition) is 0. The van der Waals surface area contributed by atoms with Crippen LogP contribution < -0.4 is 9.80 Å². The highest BCUT2D eigenvalue weighted by molar-refractivity contribution is 6.01. The number of rotatable bonds is 3. The molecule has 0 aliphatic carbocycles. The Morgan fingerprint density at radius 1 is 0.541 bits per heavy atom. The molecule has 0 N–H and O–H groups in total. The zero-order chi connectivity index (χ0) is 25.4. The van der Waals surface area contributed by atoms with Crippen LogP contribution in [0.1, 0.15) is 63.4 Å². The van der Waals surface area contributed by atoms with E-state index in [1.165, 1.54) is 50.3 Å². The Balaban J connectivity index is 1.64. The Morgan fingerprint density at radius 3 is 1.32 bits per heavy atom. The Labute approximate surface area is 221 Å². The van der Waals surface area contributed by atoms with Gasteiger partial charge in [-0.1, -0.05) is 91.0 Å². The lowest BCUT2D eigenvalue weighted by Crippen LogP contribution is -2.55. The molecule has 3 aliphatic heterocycles. The first kappa shape index (κ1) is 22.7. The molecule has 4 aromatic carbocycles. The highest BCUT2D eigenvalue weighted by Crippen LogP contribution is 2.64. The molecule has 186 valence electrons. The molecule has 0 fully saturated rings. The van der Waals surface area contributed by atoms with Gasteiger partial charge in [0.2, 0.25) is 0 Å². The predicted molar refractivity (Wildman–Crippen MR) is 156 cm³/mol. The van der Waals surface area contributed by atoms with Crippen molar-refractivity contribution in [3.63, 3.8) is 0 Å². The van der Waals surface area contributed by atoms with Crippen LogP contribution in [0.2, 0.25) is 0 Å². The smallest absolute Gasteiger partial charge is 0.129 e. The molecule has 0 aromatic heterocycles. The molecule has 0 spiro atoms. The minimum Gasteiger partial charge on any atom is -0.340 e. The summed E-state index contributed by atoms with van der Waals surface area (Å²) in [5, 5.41) is 0. The largest absolute Gasteiger partial charge is 0.340 e. The molecular formula is C35H36N2. The molecule has 7 rings (SSSR count). The predicted octanol–water partition coefficient (Wildman–Crippen LogP) is 8.80. The molecule has 0 bridgehead atoms. The van der Waals surface area contributed by atoms with Crippen LogP contribution in [-0.2, 0) is 12.8 Å². The Kier molecular flexibility index (Phi) is 4.89. The van der Waals surface area contributed by atoms with E-state index in [1.54, 1.807) is 0 Å². The third kappa shape index (κ3) is 3.24. The van der Waals surface area contributed by atoms with Crippen molar-refractivity contribution in [1.82, 2.24) is 0 Å². The second-order valence-corrected chi connectivity index (χ2v) is 12.3. The van der Waals surface area contributed by atoms with Crippen molar-refractivity contribution < 1.29 is 0 Å². The van der Waals surface area contributed by atoms with Crippen LogP contribution in [0, 0.1) is 0 Å². The Bertz CT molecular complexity index is 1370. The van der Waals surface area contributed by atoms with Crippen LogP contribution in [0.15, 0.2) is 91.0 Å². The zero-order valence-corrected chi connectivity index (χ0v) is 22.5. The molecule has 3 aliphatic rings. The molecular weight excluding hydrogens is 448 g/mol. The van der Waals surface area contributed by atoms with E-state index >= 15 is 0 Å². The SMILES string of the molecule is CC1(C)CCc2c(-c3ccccc3)c(-c3ccccc3)c3c4c2N1C(c1ccccc1)N4C(C)(C)CC3. The maximum absolute atomic E-state index is 2.80. The Hall–Kier alpha value is -3.52. The van der Waals surface area contributed by atoms with Crippen LogP contribution in [-0.4, -0.2) is 11.1 Å². The van der Waals surface area contributed by atoms with Gasteiger partial charge in [-0.05, 0) is 92.3 Å². The van der Waals surface area contributed by atoms with Crippen molar-refractivity contribution in [2.24, 2.45) is 0 Å². The highest BCUT2D eigenvalue weighted by Gasteiger charge is 2.54. The third-order valence-electron chi connectivity index (χ3n) is 9.12. The lowest BCUT2D eigenvalue weighted by atomic mass is 9.76. The minimum absolute atomic E-state index is 0.0664. The molecule has 4 aromatic rings. The van der Waals surface area contributed by atoms with Gasteiger partial charge in [-0.25, -0.2) is 0 Å². The summed E-state index contributed by atoms with van der Waals surface area (Å²) < 4.78 is 0. The van der Waals surface area contributed by atoms with Gasteiger partial charge in [0.25, 0.3) is 0 Å². The summed E-state index contributed by atoms with van der Waals surface area (Å²) in [5.74, 6) is 0. The van der Waals surface area contributed by atoms with Crippen LogP contribution in [0.3, 0.4) is 0 Å². The zero-order valence-electron chi connectivity index (χ0n) is 22.5. The second-order valence-electron chi connectivity index (χ2n) is 12.3. The van der Waals surface area contributed by atoms with Crippen molar-refractivity contribution >= 4 is 11.4 Å². The maximum Gasteiger partial charge on any atom is 0.129 e. The average molecular weight is 485 g/mol. The van der Waals surface area contributed by atoms with E-state index in [9.17, 15) is 0 Å². The second kappa shape index (κ2) is 7.99. The van der Waals surface area contributed by atoms with E-state index in [0.29, 0.717) is 0 Å². The van der Waals surface area contributed by atoms with Gasteiger partial charge in [-0.3, -0.25) is 0 Å². The van der Waals surface area contributed by atoms with Crippen molar-refractivity contribution in [3.05, 3.63) is 108 Å². The lowest BCUT2D eigenvalue weighted by molar-refractivity contribution is 0.328. The summed E-state index contributed by atoms with van der Waals surface area (Å²) in [6.07, 6.45) is 4.70. The minimum atomic E-state index is 0.0664. The molecule has 0 saturated heterocycles. The summed E-state index contributed by atoms with van der Waals surface area (Å²) >= 11 is 0. The fourth-order valence-corrected chi connectivity index (χ4v) is 7.33. The summed E-state index contributed by atoms with van der Waals surface area (Å²) in [5.41, 5.74) is 13.2. The van der Waals surface area contributed by atoms with Gasteiger partial charge in [0.15, 0.2) is 0 Å². The van der Waals surface area contributed by atoms with Crippen LogP contribution in [0.4, 0.5) is 11.4 Å². The van der Waals surface area contributed by atoms with Crippen molar-refractivity contribution in [2.45, 2.75) is 70.6 Å². The quantitative estimate of drug-likeness (QED) is 0.287. The van der Waals surface area contributed by atoms with E-state index in [4.69, 9.17) is 0 Å². The van der Waals surface area contributed by atoms with Gasteiger partial charge >= 0.3 is 0 Å². The molecule has 0 amide bonds. The molecule has 0 unspecified atom stereocenters. The summed E-state index contributed by atoms with van der Waals surface area (Å²) in [4.78, 5) is 5.60. The van der Waals surface area contributed by atoms with Gasteiger partial charge in [0.1, 0.15) is 6.17 Å². The van der Waals surface area contributed by atoms with Crippen molar-refractivity contribution in [1.29, 1.82) is 0 Å². The summed E-state index contributed by atoms with van der Waals surface area (Å²) in [6, 6.07) is 33.6. The molecule has 0 saturated carbocycles. The average Bonchev–Trinajstić information content (AvgIpc) is 3.30. The number of anilines is 2. The first-order valence-corrected chi connectivity index (χ1v) is 13.8. The molecule has 2 heteroatoms. The van der Waals surface area contributed by atoms with Crippen LogP contribution in [0.25, 0.3) is 22.3 Å². The third-order valence-corrected chi connectivity index (χ3v) is 9.12. The van der Waals surface area contributed by atoms with Gasteiger partial charge < -0.3 is 9.80 Å². The van der Waals surface area contributed by atoms with Gasteiger partial charge in [0.05, 0.1) is 11.4 Å². The van der Waals surface area contributed by atoms with Gasteiger partial charge in [-0.15, -0.1) is 0 Å². The maximum atomic E-state index is 2.80. The topological polar surface area (TPSA) is 6.48 Å². The van der Waals surface area contributed by atoms with Gasteiger partial charge in [-0.2, -0.15) is 0 Å². The first-order valence-electron chi connectivity index (χ1n) is 13.8. The molecule has 37 heavy (non-hydrogen) atoms. The molecule has 0 atom stereocenters. The highest BCUT2D eigenvalue weighted by atomic mass is 15.5. The Morgan fingerprint density at radius 2 is 0.919 bits per heavy atom. The van der Waals surface area contributed by atoms with E-state index in [-0.39, 0.29) is 17.2 Å².